The maximum absolute atomic E-state index is 5.24. The van der Waals surface area contributed by atoms with E-state index in [2.05, 4.69) is 62.4 Å². The minimum absolute atomic E-state index is 1.00. The van der Waals surface area contributed by atoms with Crippen LogP contribution in [0.3, 0.4) is 0 Å². The van der Waals surface area contributed by atoms with Crippen LogP contribution < -0.4 is 0 Å². The Morgan fingerprint density at radius 2 is 1.24 bits per heavy atom. The van der Waals surface area contributed by atoms with Gasteiger partial charge < -0.3 is 0 Å². The molecule has 0 spiro atoms. The lowest BCUT2D eigenvalue weighted by Gasteiger charge is -2.10. The number of hydrogen-bond donors (Lipinski definition) is 0. The highest BCUT2D eigenvalue weighted by molar-refractivity contribution is 7.80. The summed E-state index contributed by atoms with van der Waals surface area (Å²) in [5.74, 6) is 0. The second kappa shape index (κ2) is 7.39. The molecule has 2 rings (SSSR count). The van der Waals surface area contributed by atoms with Crippen LogP contribution in [0.5, 0.6) is 0 Å². The fraction of sp³-hybridized carbons (Fsp3) is 0.158. The third kappa shape index (κ3) is 3.72. The quantitative estimate of drug-likeness (QED) is 0.408. The lowest BCUT2D eigenvalue weighted by molar-refractivity contribution is 1.14. The van der Waals surface area contributed by atoms with Crippen LogP contribution in [-0.2, 0) is 6.42 Å². The number of allylic oxidation sites excluding steroid dienone is 2. The summed E-state index contributed by atoms with van der Waals surface area (Å²) in [6, 6.07) is 16.9. The van der Waals surface area contributed by atoms with Gasteiger partial charge in [-0.25, -0.2) is 0 Å². The minimum Gasteiger partial charge on any atom is -0.0880 e. The number of hydrogen-bond acceptors (Lipinski definition) is 2. The molecule has 106 valence electrons. The van der Waals surface area contributed by atoms with Crippen LogP contribution in [0.15, 0.2) is 48.5 Å². The van der Waals surface area contributed by atoms with E-state index in [1.54, 1.807) is 10.7 Å². The van der Waals surface area contributed by atoms with Crippen LogP contribution >= 0.6 is 24.4 Å². The largest absolute Gasteiger partial charge is 0.0880 e. The topological polar surface area (TPSA) is 0 Å². The molecule has 0 amide bonds. The summed E-state index contributed by atoms with van der Waals surface area (Å²) in [7, 11) is 0. The van der Waals surface area contributed by atoms with E-state index in [1.165, 1.54) is 11.1 Å². The van der Waals surface area contributed by atoms with Crippen LogP contribution in [0.25, 0.3) is 11.1 Å². The normalized spacial score (nSPS) is 11.7. The van der Waals surface area contributed by atoms with Crippen molar-refractivity contribution < 1.29 is 0 Å². The van der Waals surface area contributed by atoms with Gasteiger partial charge in [-0.3, -0.25) is 0 Å². The second-order valence-corrected chi connectivity index (χ2v) is 5.45. The van der Waals surface area contributed by atoms with Crippen molar-refractivity contribution in [3.8, 4) is 0 Å². The summed E-state index contributed by atoms with van der Waals surface area (Å²) in [6.45, 7) is 4.23. The Kier molecular flexibility index (Phi) is 5.54. The molecular weight excluding hydrogens is 292 g/mol. The monoisotopic (exact) mass is 310 g/mol. The van der Waals surface area contributed by atoms with Crippen molar-refractivity contribution in [3.63, 3.8) is 0 Å². The van der Waals surface area contributed by atoms with Crippen molar-refractivity contribution in [1.29, 1.82) is 0 Å². The Morgan fingerprint density at radius 1 is 0.810 bits per heavy atom. The van der Waals surface area contributed by atoms with Crippen molar-refractivity contribution in [3.05, 3.63) is 70.8 Å². The summed E-state index contributed by atoms with van der Waals surface area (Å²) in [5.41, 5.74) is 6.78. The van der Waals surface area contributed by atoms with Crippen LogP contribution in [-0.4, -0.2) is 10.7 Å². The van der Waals surface area contributed by atoms with Gasteiger partial charge in [-0.05, 0) is 30.0 Å². The Hall–Kier alpha value is -1.64. The summed E-state index contributed by atoms with van der Waals surface area (Å²) >= 11 is 10.5. The molecule has 0 atom stereocenters. The van der Waals surface area contributed by atoms with E-state index in [0.29, 0.717) is 0 Å². The Morgan fingerprint density at radius 3 is 1.62 bits per heavy atom. The number of thiocarbonyl (C=S) groups is 2. The second-order valence-electron chi connectivity index (χ2n) is 4.98. The van der Waals surface area contributed by atoms with Crippen LogP contribution in [0, 0.1) is 6.92 Å². The molecule has 0 heterocycles. The first-order chi connectivity index (χ1) is 10.2. The molecule has 0 N–H and O–H groups in total. The van der Waals surface area contributed by atoms with Crippen molar-refractivity contribution in [2.24, 2.45) is 0 Å². The predicted octanol–water partition coefficient (Wildman–Crippen LogP) is 5.47. The molecule has 0 aliphatic rings. The molecule has 0 aromatic heterocycles. The van der Waals surface area contributed by atoms with Crippen molar-refractivity contribution in [1.82, 2.24) is 0 Å². The molecule has 2 aromatic carbocycles. The number of rotatable bonds is 5. The predicted molar refractivity (Wildman–Crippen MR) is 101 cm³/mol. The maximum Gasteiger partial charge on any atom is 0.00986 e. The zero-order chi connectivity index (χ0) is 15.2. The lowest BCUT2D eigenvalue weighted by atomic mass is 9.95. The third-order valence-electron chi connectivity index (χ3n) is 3.56. The third-order valence-corrected chi connectivity index (χ3v) is 4.03. The van der Waals surface area contributed by atoms with Gasteiger partial charge in [0.2, 0.25) is 0 Å². The number of benzene rings is 2. The van der Waals surface area contributed by atoms with Gasteiger partial charge in [-0.1, -0.05) is 85.5 Å². The van der Waals surface area contributed by atoms with Gasteiger partial charge in [-0.2, -0.15) is 0 Å². The molecule has 0 bridgehead atoms. The van der Waals surface area contributed by atoms with Crippen molar-refractivity contribution >= 4 is 46.3 Å². The van der Waals surface area contributed by atoms with Gasteiger partial charge in [0.05, 0.1) is 0 Å². The Bertz CT molecular complexity index is 662. The highest BCUT2D eigenvalue weighted by Gasteiger charge is 2.07. The molecule has 0 saturated carbocycles. The smallest absolute Gasteiger partial charge is 0.00986 e. The SMILES string of the molecule is CCc1ccc(/C(C=S)=C(\C=S)c2ccc(C)cc2)cc1. The van der Waals surface area contributed by atoms with Gasteiger partial charge in [0, 0.05) is 21.9 Å². The molecule has 0 nitrogen and oxygen atoms in total. The van der Waals surface area contributed by atoms with Gasteiger partial charge in [0.25, 0.3) is 0 Å². The van der Waals surface area contributed by atoms with Gasteiger partial charge >= 0.3 is 0 Å². The molecule has 2 aromatic rings. The lowest BCUT2D eigenvalue weighted by Crippen LogP contribution is -1.94. The minimum atomic E-state index is 1.00. The van der Waals surface area contributed by atoms with Crippen LogP contribution in [0.2, 0.25) is 0 Å². The molecule has 0 fully saturated rings. The maximum atomic E-state index is 5.24. The number of aryl methyl sites for hydroxylation is 2. The summed E-state index contributed by atoms with van der Waals surface area (Å²) in [5, 5.41) is 3.44. The Balaban J connectivity index is 2.54. The van der Waals surface area contributed by atoms with E-state index >= 15 is 0 Å². The first kappa shape index (κ1) is 15.7. The average molecular weight is 310 g/mol. The fourth-order valence-corrected chi connectivity index (χ4v) is 2.75. The van der Waals surface area contributed by atoms with E-state index < -0.39 is 0 Å². The zero-order valence-corrected chi connectivity index (χ0v) is 13.9. The fourth-order valence-electron chi connectivity index (χ4n) is 2.23. The van der Waals surface area contributed by atoms with E-state index in [9.17, 15) is 0 Å². The molecular formula is C19H18S2. The van der Waals surface area contributed by atoms with Crippen LogP contribution in [0.4, 0.5) is 0 Å². The van der Waals surface area contributed by atoms with Crippen LogP contribution in [0.1, 0.15) is 29.2 Å². The zero-order valence-electron chi connectivity index (χ0n) is 12.3. The van der Waals surface area contributed by atoms with Gasteiger partial charge in [0.15, 0.2) is 0 Å². The van der Waals surface area contributed by atoms with E-state index in [-0.39, 0.29) is 0 Å². The Labute approximate surface area is 137 Å². The van der Waals surface area contributed by atoms with E-state index in [4.69, 9.17) is 24.4 Å². The van der Waals surface area contributed by atoms with Gasteiger partial charge in [0.1, 0.15) is 0 Å². The molecule has 0 unspecified atom stereocenters. The summed E-state index contributed by atoms with van der Waals surface area (Å²) < 4.78 is 0. The first-order valence-corrected chi connectivity index (χ1v) is 7.94. The van der Waals surface area contributed by atoms with Gasteiger partial charge in [-0.15, -0.1) is 0 Å². The molecule has 21 heavy (non-hydrogen) atoms. The molecule has 2 heteroatoms. The van der Waals surface area contributed by atoms with Crippen molar-refractivity contribution in [2.75, 3.05) is 0 Å². The first-order valence-electron chi connectivity index (χ1n) is 7.00. The molecule has 0 saturated heterocycles. The highest BCUT2D eigenvalue weighted by atomic mass is 32.1. The highest BCUT2D eigenvalue weighted by Crippen LogP contribution is 2.25. The molecule has 0 aliphatic heterocycles. The van der Waals surface area contributed by atoms with Crippen molar-refractivity contribution in [2.45, 2.75) is 20.3 Å². The van der Waals surface area contributed by atoms with E-state index in [0.717, 1.165) is 28.7 Å². The average Bonchev–Trinajstić information content (AvgIpc) is 2.54. The summed E-state index contributed by atoms with van der Waals surface area (Å²) in [4.78, 5) is 0. The summed E-state index contributed by atoms with van der Waals surface area (Å²) in [6.07, 6.45) is 1.04. The molecule has 0 radical (unpaired) electrons. The standard InChI is InChI=1S/C19H18S2/c1-3-15-6-10-17(11-7-15)19(13-21)18(12-20)16-8-4-14(2)5-9-16/h4-13H,3H2,1-2H3/b19-18+. The van der Waals surface area contributed by atoms with E-state index in [1.807, 2.05) is 0 Å². The molecule has 0 aliphatic carbocycles.